The molecule has 6 nitrogen and oxygen atoms in total. The molecule has 0 aliphatic carbocycles. The third kappa shape index (κ3) is 4.06. The van der Waals surface area contributed by atoms with Gasteiger partial charge in [0.05, 0.1) is 7.11 Å². The van der Waals surface area contributed by atoms with Gasteiger partial charge in [0.15, 0.2) is 18.1 Å². The lowest BCUT2D eigenvalue weighted by Gasteiger charge is -2.09. The molecule has 19 heavy (non-hydrogen) atoms. The van der Waals surface area contributed by atoms with Gasteiger partial charge in [-0.15, -0.1) is 0 Å². The van der Waals surface area contributed by atoms with Gasteiger partial charge in [-0.05, 0) is 23.8 Å². The number of carbonyl (C=O) groups is 1. The van der Waals surface area contributed by atoms with Gasteiger partial charge in [-0.2, -0.15) is 10.5 Å². The van der Waals surface area contributed by atoms with Crippen molar-refractivity contribution in [2.45, 2.75) is 0 Å². The number of methoxy groups -OCH3 is 1. The van der Waals surface area contributed by atoms with Crippen molar-refractivity contribution in [3.05, 3.63) is 29.3 Å². The van der Waals surface area contributed by atoms with E-state index in [4.69, 9.17) is 25.1 Å². The minimum atomic E-state index is -1.10. The molecule has 0 spiro atoms. The summed E-state index contributed by atoms with van der Waals surface area (Å²) < 4.78 is 10.1. The Hall–Kier alpha value is -2.99. The van der Waals surface area contributed by atoms with Crippen molar-refractivity contribution >= 4 is 12.0 Å². The van der Waals surface area contributed by atoms with E-state index in [0.29, 0.717) is 11.3 Å². The van der Waals surface area contributed by atoms with Crippen LogP contribution in [-0.2, 0) is 4.79 Å². The number of carboxylic acids is 1. The molecule has 1 rings (SSSR count). The third-order valence-corrected chi connectivity index (χ3v) is 2.09. The zero-order valence-electron chi connectivity index (χ0n) is 10.1. The average molecular weight is 258 g/mol. The van der Waals surface area contributed by atoms with Crippen LogP contribution in [0.1, 0.15) is 5.56 Å². The lowest BCUT2D eigenvalue weighted by atomic mass is 10.1. The molecule has 1 aromatic carbocycles. The Morgan fingerprint density at radius 2 is 2.05 bits per heavy atom. The number of aliphatic carboxylic acids is 1. The monoisotopic (exact) mass is 258 g/mol. The van der Waals surface area contributed by atoms with Crippen LogP contribution in [0.5, 0.6) is 11.5 Å². The molecular formula is C13H10N2O4. The van der Waals surface area contributed by atoms with Crippen LogP contribution in [0.15, 0.2) is 23.8 Å². The Morgan fingerprint density at radius 1 is 1.37 bits per heavy atom. The minimum Gasteiger partial charge on any atom is -0.493 e. The number of ether oxygens (including phenoxy) is 2. The van der Waals surface area contributed by atoms with E-state index in [1.807, 2.05) is 0 Å². The highest BCUT2D eigenvalue weighted by molar-refractivity contribution is 5.69. The molecule has 0 aliphatic rings. The molecular weight excluding hydrogens is 248 g/mol. The number of nitriles is 2. The lowest BCUT2D eigenvalue weighted by molar-refractivity contribution is -0.139. The maximum absolute atomic E-state index is 10.4. The van der Waals surface area contributed by atoms with E-state index in [1.54, 1.807) is 24.3 Å². The van der Waals surface area contributed by atoms with E-state index < -0.39 is 12.6 Å². The van der Waals surface area contributed by atoms with Gasteiger partial charge in [0, 0.05) is 0 Å². The van der Waals surface area contributed by atoms with E-state index in [2.05, 4.69) is 0 Å². The van der Waals surface area contributed by atoms with Crippen molar-refractivity contribution in [1.29, 1.82) is 10.5 Å². The van der Waals surface area contributed by atoms with Crippen molar-refractivity contribution < 1.29 is 19.4 Å². The Balaban J connectivity index is 3.03. The van der Waals surface area contributed by atoms with E-state index in [9.17, 15) is 4.79 Å². The van der Waals surface area contributed by atoms with Crippen LogP contribution in [0.2, 0.25) is 0 Å². The summed E-state index contributed by atoms with van der Waals surface area (Å²) in [6.45, 7) is -0.479. The zero-order valence-corrected chi connectivity index (χ0v) is 10.1. The van der Waals surface area contributed by atoms with Gasteiger partial charge in [0.1, 0.15) is 17.7 Å². The van der Waals surface area contributed by atoms with Crippen LogP contribution in [0.25, 0.3) is 6.08 Å². The molecule has 0 unspecified atom stereocenters. The van der Waals surface area contributed by atoms with Gasteiger partial charge < -0.3 is 14.6 Å². The summed E-state index contributed by atoms with van der Waals surface area (Å²) in [6, 6.07) is 8.14. The molecule has 0 fully saturated rings. The number of hydrogen-bond acceptors (Lipinski definition) is 5. The molecule has 6 heteroatoms. The molecule has 0 aliphatic heterocycles. The second-order valence-corrected chi connectivity index (χ2v) is 3.37. The normalized spacial score (nSPS) is 8.79. The van der Waals surface area contributed by atoms with Crippen molar-refractivity contribution in [1.82, 2.24) is 0 Å². The van der Waals surface area contributed by atoms with Crippen molar-refractivity contribution in [3.8, 4) is 23.6 Å². The second-order valence-electron chi connectivity index (χ2n) is 3.37. The molecule has 0 saturated carbocycles. The molecule has 0 heterocycles. The average Bonchev–Trinajstić information content (AvgIpc) is 2.42. The number of rotatable bonds is 5. The van der Waals surface area contributed by atoms with Gasteiger partial charge in [0.25, 0.3) is 0 Å². The fourth-order valence-corrected chi connectivity index (χ4v) is 1.29. The van der Waals surface area contributed by atoms with Gasteiger partial charge in [-0.25, -0.2) is 4.79 Å². The molecule has 0 saturated heterocycles. The molecule has 1 N–H and O–H groups in total. The molecule has 0 radical (unpaired) electrons. The van der Waals surface area contributed by atoms with Crippen LogP contribution in [-0.4, -0.2) is 24.8 Å². The summed E-state index contributed by atoms with van der Waals surface area (Å²) in [6.07, 6.45) is 1.39. The fourth-order valence-electron chi connectivity index (χ4n) is 1.29. The summed E-state index contributed by atoms with van der Waals surface area (Å²) in [7, 11) is 1.41. The fraction of sp³-hybridized carbons (Fsp3) is 0.154. The van der Waals surface area contributed by atoms with Crippen LogP contribution in [0.3, 0.4) is 0 Å². The van der Waals surface area contributed by atoms with E-state index in [0.717, 1.165) is 0 Å². The third-order valence-electron chi connectivity index (χ3n) is 2.09. The highest BCUT2D eigenvalue weighted by Crippen LogP contribution is 2.28. The van der Waals surface area contributed by atoms with E-state index in [-0.39, 0.29) is 11.3 Å². The van der Waals surface area contributed by atoms with Gasteiger partial charge in [0.2, 0.25) is 0 Å². The first-order valence-corrected chi connectivity index (χ1v) is 5.15. The lowest BCUT2D eigenvalue weighted by Crippen LogP contribution is -2.10. The van der Waals surface area contributed by atoms with Crippen molar-refractivity contribution in [3.63, 3.8) is 0 Å². The first-order chi connectivity index (χ1) is 9.10. The number of benzene rings is 1. The Bertz CT molecular complexity index is 578. The highest BCUT2D eigenvalue weighted by Gasteiger charge is 2.07. The first-order valence-electron chi connectivity index (χ1n) is 5.15. The smallest absolute Gasteiger partial charge is 0.341 e. The molecule has 0 aromatic heterocycles. The number of nitrogens with zero attached hydrogens (tertiary/aromatic N) is 2. The maximum Gasteiger partial charge on any atom is 0.341 e. The van der Waals surface area contributed by atoms with Crippen LogP contribution >= 0.6 is 0 Å². The van der Waals surface area contributed by atoms with Crippen molar-refractivity contribution in [2.75, 3.05) is 13.7 Å². The zero-order chi connectivity index (χ0) is 14.3. The number of hydrogen-bond donors (Lipinski definition) is 1. The Labute approximate surface area is 109 Å². The van der Waals surface area contributed by atoms with Crippen LogP contribution in [0, 0.1) is 22.7 Å². The predicted octanol–water partition coefficient (Wildman–Crippen LogP) is 1.59. The minimum absolute atomic E-state index is 0.0405. The summed E-state index contributed by atoms with van der Waals surface area (Å²) >= 11 is 0. The van der Waals surface area contributed by atoms with E-state index in [1.165, 1.54) is 19.3 Å². The molecule has 0 amide bonds. The molecule has 96 valence electrons. The van der Waals surface area contributed by atoms with Gasteiger partial charge in [-0.1, -0.05) is 6.07 Å². The topological polar surface area (TPSA) is 103 Å². The number of carboxylic acid groups (broad SMARTS) is 1. The predicted molar refractivity (Wildman–Crippen MR) is 65.3 cm³/mol. The highest BCUT2D eigenvalue weighted by atomic mass is 16.5. The molecule has 1 aromatic rings. The second kappa shape index (κ2) is 6.67. The standard InChI is InChI=1S/C13H10N2O4/c1-18-12-5-9(4-10(6-14)7-15)2-3-11(12)19-8-13(16)17/h2-5H,8H2,1H3,(H,16,17). The SMILES string of the molecule is COc1cc(C=C(C#N)C#N)ccc1OCC(=O)O. The van der Waals surface area contributed by atoms with Crippen molar-refractivity contribution in [2.24, 2.45) is 0 Å². The van der Waals surface area contributed by atoms with E-state index >= 15 is 0 Å². The Morgan fingerprint density at radius 3 is 2.58 bits per heavy atom. The summed E-state index contributed by atoms with van der Waals surface area (Å²) in [5.41, 5.74) is 0.541. The largest absolute Gasteiger partial charge is 0.493 e. The van der Waals surface area contributed by atoms with Gasteiger partial charge in [-0.3, -0.25) is 0 Å². The Kier molecular flexibility index (Phi) is 4.94. The molecule has 0 atom stereocenters. The molecule has 0 bridgehead atoms. The first kappa shape index (κ1) is 14.1. The maximum atomic E-state index is 10.4. The van der Waals surface area contributed by atoms with Gasteiger partial charge >= 0.3 is 5.97 Å². The summed E-state index contributed by atoms with van der Waals surface area (Å²) in [5.74, 6) is -0.495. The number of allylic oxidation sites excluding steroid dienone is 1. The summed E-state index contributed by atoms with van der Waals surface area (Å²) in [5, 5.41) is 25.8. The summed E-state index contributed by atoms with van der Waals surface area (Å²) in [4.78, 5) is 10.4. The van der Waals surface area contributed by atoms with Crippen LogP contribution < -0.4 is 9.47 Å². The quantitative estimate of drug-likeness (QED) is 0.804. The van der Waals surface area contributed by atoms with Crippen LogP contribution in [0.4, 0.5) is 0 Å².